The normalized spacial score (nSPS) is 20.2. The largest absolute Gasteiger partial charge is 0.337 e. The molecule has 1 aromatic carbocycles. The summed E-state index contributed by atoms with van der Waals surface area (Å²) in [4.78, 5) is 28.5. The second kappa shape index (κ2) is 6.30. The summed E-state index contributed by atoms with van der Waals surface area (Å²) in [6, 6.07) is 8.03. The fraction of sp³-hybridized carbons (Fsp3) is 0.167. The van der Waals surface area contributed by atoms with Crippen molar-refractivity contribution >= 4 is 51.0 Å². The van der Waals surface area contributed by atoms with Crippen molar-refractivity contribution in [1.82, 2.24) is 9.99 Å². The molecule has 132 valence electrons. The van der Waals surface area contributed by atoms with Crippen LogP contribution in [-0.2, 0) is 11.3 Å². The van der Waals surface area contributed by atoms with Gasteiger partial charge in [-0.1, -0.05) is 30.0 Å². The van der Waals surface area contributed by atoms with E-state index in [1.165, 1.54) is 11.3 Å². The van der Waals surface area contributed by atoms with Gasteiger partial charge in [0.25, 0.3) is 11.5 Å². The van der Waals surface area contributed by atoms with E-state index in [9.17, 15) is 9.59 Å². The van der Waals surface area contributed by atoms with Gasteiger partial charge < -0.3 is 4.90 Å². The Hall–Kier alpha value is -2.58. The maximum Gasteiger partial charge on any atom is 0.276 e. The van der Waals surface area contributed by atoms with E-state index in [1.54, 1.807) is 29.3 Å². The topological polar surface area (TPSA) is 66.7 Å². The van der Waals surface area contributed by atoms with E-state index in [0.717, 1.165) is 15.6 Å². The number of allylic oxidation sites excluding steroid dienone is 1. The number of nitrogens with zero attached hydrogens (tertiary/aromatic N) is 3. The van der Waals surface area contributed by atoms with E-state index in [2.05, 4.69) is 17.1 Å². The summed E-state index contributed by atoms with van der Waals surface area (Å²) >= 11 is 2.90. The quantitative estimate of drug-likeness (QED) is 0.787. The Kier molecular flexibility index (Phi) is 4.08. The molecule has 1 amide bonds. The highest BCUT2D eigenvalue weighted by Crippen LogP contribution is 2.44. The Bertz CT molecular complexity index is 1160. The molecule has 0 aliphatic carbocycles. The second-order valence-corrected chi connectivity index (χ2v) is 7.92. The zero-order valence-electron chi connectivity index (χ0n) is 14.3. The molecule has 0 unspecified atom stereocenters. The van der Waals surface area contributed by atoms with Crippen molar-refractivity contribution in [1.29, 1.82) is 0 Å². The molecule has 1 aromatic heterocycles. The van der Waals surface area contributed by atoms with Crippen molar-refractivity contribution < 1.29 is 4.79 Å². The molecule has 4 rings (SSSR count). The van der Waals surface area contributed by atoms with Crippen LogP contribution in [0.15, 0.2) is 51.7 Å². The molecular weight excluding hydrogens is 368 g/mol. The summed E-state index contributed by atoms with van der Waals surface area (Å²) in [5.41, 5.74) is 4.45. The van der Waals surface area contributed by atoms with Gasteiger partial charge in [0.2, 0.25) is 0 Å². The van der Waals surface area contributed by atoms with Gasteiger partial charge in [-0.3, -0.25) is 14.2 Å². The van der Waals surface area contributed by atoms with Crippen molar-refractivity contribution in [2.24, 2.45) is 5.10 Å². The Morgan fingerprint density at radius 3 is 2.73 bits per heavy atom. The van der Waals surface area contributed by atoms with Crippen molar-refractivity contribution in [3.05, 3.63) is 56.5 Å². The highest BCUT2D eigenvalue weighted by atomic mass is 32.2. The Balaban J connectivity index is 2.05. The highest BCUT2D eigenvalue weighted by Gasteiger charge is 2.26. The number of fused-ring (bicyclic) bond motifs is 1. The Morgan fingerprint density at radius 1 is 1.31 bits per heavy atom. The third kappa shape index (κ3) is 2.45. The Morgan fingerprint density at radius 2 is 2.08 bits per heavy atom. The Labute approximate surface area is 157 Å². The lowest BCUT2D eigenvalue weighted by atomic mass is 10.2. The van der Waals surface area contributed by atoms with Crippen LogP contribution in [-0.4, -0.2) is 23.2 Å². The van der Waals surface area contributed by atoms with Gasteiger partial charge in [-0.2, -0.15) is 5.10 Å². The monoisotopic (exact) mass is 384 g/mol. The maximum absolute atomic E-state index is 13.1. The predicted molar refractivity (Wildman–Crippen MR) is 107 cm³/mol. The minimum absolute atomic E-state index is 0.118. The molecule has 8 heteroatoms. The first-order chi connectivity index (χ1) is 12.5. The first-order valence-electron chi connectivity index (χ1n) is 7.97. The third-order valence-corrected chi connectivity index (χ3v) is 6.81. The molecule has 3 heterocycles. The zero-order valence-corrected chi connectivity index (χ0v) is 15.9. The van der Waals surface area contributed by atoms with Crippen LogP contribution in [0, 0.1) is 0 Å². The molecule has 2 aliphatic heterocycles. The van der Waals surface area contributed by atoms with E-state index in [4.69, 9.17) is 0 Å². The van der Waals surface area contributed by atoms with Gasteiger partial charge in [0, 0.05) is 18.5 Å². The minimum Gasteiger partial charge on any atom is -0.337 e. The molecule has 2 aliphatic rings. The molecular formula is C18H16N4O2S2. The molecule has 0 radical (unpaired) electrons. The summed E-state index contributed by atoms with van der Waals surface area (Å²) in [6.07, 6.45) is 1.66. The predicted octanol–water partition coefficient (Wildman–Crippen LogP) is 1.06. The number of nitrogens with one attached hydrogen (secondary N) is 1. The molecule has 0 saturated heterocycles. The summed E-state index contributed by atoms with van der Waals surface area (Å²) in [5.74, 6) is -0.283. The molecule has 0 bridgehead atoms. The zero-order chi connectivity index (χ0) is 18.4. The number of amides is 1. The smallest absolute Gasteiger partial charge is 0.276 e. The first kappa shape index (κ1) is 16.9. The van der Waals surface area contributed by atoms with Crippen molar-refractivity contribution in [3.63, 3.8) is 0 Å². The number of rotatable bonds is 2. The first-order valence-corrected chi connectivity index (χ1v) is 9.61. The van der Waals surface area contributed by atoms with Crippen LogP contribution in [0.25, 0.3) is 10.6 Å². The van der Waals surface area contributed by atoms with Crippen LogP contribution in [0.5, 0.6) is 0 Å². The third-order valence-electron chi connectivity index (χ3n) is 4.25. The van der Waals surface area contributed by atoms with Crippen LogP contribution in [0.1, 0.15) is 6.92 Å². The van der Waals surface area contributed by atoms with Crippen LogP contribution in [0.2, 0.25) is 0 Å². The lowest BCUT2D eigenvalue weighted by molar-refractivity contribution is -0.115. The number of anilines is 1. The SMILES string of the molecule is C=CCn1c(=C2C(=O)NN=C2C)sc(=C2Sc3ccccc3N2C)c1=O. The number of carbonyl (C=O) groups excluding carboxylic acids is 1. The minimum atomic E-state index is -0.283. The number of hydrogen-bond acceptors (Lipinski definition) is 6. The number of benzene rings is 1. The molecule has 0 saturated carbocycles. The number of para-hydroxylation sites is 1. The fourth-order valence-electron chi connectivity index (χ4n) is 2.99. The molecule has 0 spiro atoms. The van der Waals surface area contributed by atoms with Crippen LogP contribution >= 0.6 is 23.1 Å². The van der Waals surface area contributed by atoms with Crippen molar-refractivity contribution in [2.75, 3.05) is 11.9 Å². The summed E-state index contributed by atoms with van der Waals surface area (Å²) < 4.78 is 2.82. The van der Waals surface area contributed by atoms with Crippen LogP contribution in [0.4, 0.5) is 5.69 Å². The standard InChI is InChI=1S/C18H16N4O2S2/c1-4-9-22-16(24)14(26-17(22)13-10(2)19-20-15(13)23)18-21(3)11-7-5-6-8-12(11)25-18/h4-8H,1,9H2,2-3H3,(H,20,23). The van der Waals surface area contributed by atoms with Gasteiger partial charge in [-0.15, -0.1) is 17.9 Å². The van der Waals surface area contributed by atoms with Crippen LogP contribution < -0.4 is 25.1 Å². The molecule has 2 aromatic rings. The molecule has 26 heavy (non-hydrogen) atoms. The maximum atomic E-state index is 13.1. The van der Waals surface area contributed by atoms with Crippen LogP contribution in [0.3, 0.4) is 0 Å². The number of aromatic nitrogens is 1. The number of hydrogen-bond donors (Lipinski definition) is 1. The van der Waals surface area contributed by atoms with Gasteiger partial charge in [-0.05, 0) is 19.1 Å². The van der Waals surface area contributed by atoms with E-state index < -0.39 is 0 Å². The summed E-state index contributed by atoms with van der Waals surface area (Å²) in [6.45, 7) is 5.83. The highest BCUT2D eigenvalue weighted by molar-refractivity contribution is 8.08. The number of thioether (sulfide) groups is 1. The van der Waals surface area contributed by atoms with Crippen molar-refractivity contribution in [2.45, 2.75) is 18.4 Å². The second-order valence-electron chi connectivity index (χ2n) is 5.89. The fourth-order valence-corrected chi connectivity index (χ4v) is 5.55. The lowest BCUT2D eigenvalue weighted by Crippen LogP contribution is -2.35. The molecule has 1 N–H and O–H groups in total. The van der Waals surface area contributed by atoms with E-state index >= 15 is 0 Å². The van der Waals surface area contributed by atoms with Gasteiger partial charge in [0.1, 0.15) is 14.2 Å². The van der Waals surface area contributed by atoms with E-state index in [-0.39, 0.29) is 11.5 Å². The van der Waals surface area contributed by atoms with Gasteiger partial charge in [-0.25, -0.2) is 5.43 Å². The average Bonchev–Trinajstić information content (AvgIpc) is 3.24. The van der Waals surface area contributed by atoms with Gasteiger partial charge >= 0.3 is 0 Å². The lowest BCUT2D eigenvalue weighted by Gasteiger charge is -2.11. The van der Waals surface area contributed by atoms with Crippen molar-refractivity contribution in [3.8, 4) is 0 Å². The van der Waals surface area contributed by atoms with Gasteiger partial charge in [0.05, 0.1) is 17.0 Å². The molecule has 6 nitrogen and oxygen atoms in total. The summed E-state index contributed by atoms with van der Waals surface area (Å²) in [7, 11) is 1.95. The summed E-state index contributed by atoms with van der Waals surface area (Å²) in [5, 5.41) is 4.86. The van der Waals surface area contributed by atoms with E-state index in [0.29, 0.717) is 27.0 Å². The van der Waals surface area contributed by atoms with E-state index in [1.807, 2.05) is 36.2 Å². The number of thiazole rings is 1. The average molecular weight is 384 g/mol. The molecule has 0 fully saturated rings. The number of carbonyl (C=O) groups is 1. The number of hydrazone groups is 1. The molecule has 0 atom stereocenters. The van der Waals surface area contributed by atoms with Gasteiger partial charge in [0.15, 0.2) is 0 Å².